The Morgan fingerprint density at radius 3 is 2.64 bits per heavy atom. The van der Waals surface area contributed by atoms with Crippen LogP contribution in [0.15, 0.2) is 0 Å². The van der Waals surface area contributed by atoms with E-state index in [1.807, 2.05) is 0 Å². The number of sulfonamides is 1. The molecule has 0 saturated carbocycles. The van der Waals surface area contributed by atoms with Crippen molar-refractivity contribution >= 4 is 21.6 Å². The first-order valence-electron chi connectivity index (χ1n) is 4.34. The summed E-state index contributed by atoms with van der Waals surface area (Å²) in [6, 6.07) is 0. The Hall–Kier alpha value is 0.120. The minimum Gasteiger partial charge on any atom is -0.394 e. The second-order valence-electron chi connectivity index (χ2n) is 2.59. The van der Waals surface area contributed by atoms with Crippen LogP contribution in [-0.2, 0) is 14.8 Å². The molecule has 0 rings (SSSR count). The highest BCUT2D eigenvalue weighted by Crippen LogP contribution is 1.91. The fourth-order valence-electron chi connectivity index (χ4n) is 0.753. The van der Waals surface area contributed by atoms with Crippen LogP contribution in [0.4, 0.5) is 0 Å². The van der Waals surface area contributed by atoms with Crippen LogP contribution in [0.5, 0.6) is 0 Å². The van der Waals surface area contributed by atoms with Gasteiger partial charge in [0.25, 0.3) is 0 Å². The normalized spacial score (nSPS) is 11.9. The molecule has 7 heteroatoms. The Balaban J connectivity index is 3.46. The van der Waals surface area contributed by atoms with Crippen molar-refractivity contribution in [3.05, 3.63) is 0 Å². The molecule has 0 aliphatic heterocycles. The molecule has 0 fully saturated rings. The van der Waals surface area contributed by atoms with Crippen molar-refractivity contribution in [1.29, 1.82) is 0 Å². The molecule has 0 spiro atoms. The molecule has 5 nitrogen and oxygen atoms in total. The number of alkyl halides is 1. The van der Waals surface area contributed by atoms with Crippen LogP contribution in [0.25, 0.3) is 0 Å². The molecule has 86 valence electrons. The van der Waals surface area contributed by atoms with Gasteiger partial charge in [-0.3, -0.25) is 0 Å². The molecule has 2 N–H and O–H groups in total. The summed E-state index contributed by atoms with van der Waals surface area (Å²) >= 11 is 5.37. The molecular formula is C7H16ClNO4S. The van der Waals surface area contributed by atoms with E-state index in [2.05, 4.69) is 4.72 Å². The first kappa shape index (κ1) is 14.1. The van der Waals surface area contributed by atoms with Crippen LogP contribution in [0.1, 0.15) is 6.42 Å². The van der Waals surface area contributed by atoms with Crippen molar-refractivity contribution in [3.8, 4) is 0 Å². The number of hydrogen-bond donors (Lipinski definition) is 2. The third-order valence-corrected chi connectivity index (χ3v) is 3.09. The number of aliphatic hydroxyl groups is 1. The Kier molecular flexibility index (Phi) is 8.50. The summed E-state index contributed by atoms with van der Waals surface area (Å²) in [5.41, 5.74) is 0. The Morgan fingerprint density at radius 2 is 2.07 bits per heavy atom. The number of ether oxygens (including phenoxy) is 1. The molecular weight excluding hydrogens is 230 g/mol. The summed E-state index contributed by atoms with van der Waals surface area (Å²) in [5.74, 6) is 0.373. The molecule has 0 unspecified atom stereocenters. The zero-order chi connectivity index (χ0) is 10.9. The maximum atomic E-state index is 11.1. The molecule has 0 aliphatic carbocycles. The number of aliphatic hydroxyl groups excluding tert-OH is 1. The molecule has 0 heterocycles. The van der Waals surface area contributed by atoms with E-state index in [1.54, 1.807) is 0 Å². The largest absolute Gasteiger partial charge is 0.394 e. The van der Waals surface area contributed by atoms with E-state index in [0.717, 1.165) is 0 Å². The summed E-state index contributed by atoms with van der Waals surface area (Å²) in [4.78, 5) is 0. The lowest BCUT2D eigenvalue weighted by Gasteiger charge is -2.05. The molecule has 0 aromatic rings. The first-order valence-corrected chi connectivity index (χ1v) is 6.53. The number of hydrogen-bond acceptors (Lipinski definition) is 4. The van der Waals surface area contributed by atoms with Crippen molar-refractivity contribution in [2.45, 2.75) is 6.42 Å². The van der Waals surface area contributed by atoms with Gasteiger partial charge in [0.2, 0.25) is 10.0 Å². The average molecular weight is 246 g/mol. The smallest absolute Gasteiger partial charge is 0.211 e. The van der Waals surface area contributed by atoms with E-state index in [1.165, 1.54) is 0 Å². The summed E-state index contributed by atoms with van der Waals surface area (Å²) < 4.78 is 29.5. The predicted molar refractivity (Wildman–Crippen MR) is 55.0 cm³/mol. The molecule has 0 radical (unpaired) electrons. The van der Waals surface area contributed by atoms with Crippen LogP contribution in [0.2, 0.25) is 0 Å². The molecule has 0 aliphatic rings. The lowest BCUT2D eigenvalue weighted by molar-refractivity contribution is 0.0961. The van der Waals surface area contributed by atoms with Gasteiger partial charge in [-0.25, -0.2) is 13.1 Å². The van der Waals surface area contributed by atoms with E-state index < -0.39 is 10.0 Å². The zero-order valence-electron chi connectivity index (χ0n) is 7.91. The summed E-state index contributed by atoms with van der Waals surface area (Å²) in [6.07, 6.45) is 0.439. The van der Waals surface area contributed by atoms with E-state index in [0.29, 0.717) is 12.3 Å². The van der Waals surface area contributed by atoms with Crippen LogP contribution < -0.4 is 4.72 Å². The van der Waals surface area contributed by atoms with E-state index in [9.17, 15) is 8.42 Å². The zero-order valence-corrected chi connectivity index (χ0v) is 9.48. The van der Waals surface area contributed by atoms with Gasteiger partial charge in [0.05, 0.1) is 25.6 Å². The van der Waals surface area contributed by atoms with Crippen molar-refractivity contribution in [2.24, 2.45) is 0 Å². The number of halogens is 1. The highest BCUT2D eigenvalue weighted by atomic mass is 35.5. The molecule has 0 saturated heterocycles. The molecule has 0 amide bonds. The van der Waals surface area contributed by atoms with Gasteiger partial charge in [0.1, 0.15) is 0 Å². The van der Waals surface area contributed by atoms with Crippen LogP contribution in [-0.4, -0.2) is 51.5 Å². The van der Waals surface area contributed by atoms with Crippen LogP contribution >= 0.6 is 11.6 Å². The van der Waals surface area contributed by atoms with Gasteiger partial charge in [-0.05, 0) is 6.42 Å². The van der Waals surface area contributed by atoms with E-state index in [4.69, 9.17) is 21.4 Å². The molecule has 14 heavy (non-hydrogen) atoms. The van der Waals surface area contributed by atoms with Crippen molar-refractivity contribution < 1.29 is 18.3 Å². The van der Waals surface area contributed by atoms with Gasteiger partial charge in [-0.2, -0.15) is 0 Å². The van der Waals surface area contributed by atoms with Gasteiger partial charge in [0, 0.05) is 12.4 Å². The molecule has 0 atom stereocenters. The van der Waals surface area contributed by atoms with Gasteiger partial charge >= 0.3 is 0 Å². The van der Waals surface area contributed by atoms with Crippen LogP contribution in [0, 0.1) is 0 Å². The second-order valence-corrected chi connectivity index (χ2v) is 4.90. The standard InChI is InChI=1S/C7H16ClNO4S/c8-2-1-7-14(11,12)9-3-5-13-6-4-10/h9-10H,1-7H2. The van der Waals surface area contributed by atoms with Gasteiger partial charge in [-0.15, -0.1) is 11.6 Å². The topological polar surface area (TPSA) is 75.6 Å². The SMILES string of the molecule is O=S(=O)(CCCCl)NCCOCCO. The van der Waals surface area contributed by atoms with E-state index >= 15 is 0 Å². The van der Waals surface area contributed by atoms with E-state index in [-0.39, 0.29) is 32.1 Å². The number of nitrogens with one attached hydrogen (secondary N) is 1. The van der Waals surface area contributed by atoms with Gasteiger partial charge < -0.3 is 9.84 Å². The second kappa shape index (κ2) is 8.43. The Bertz CT molecular complexity index is 220. The molecule has 0 bridgehead atoms. The fraction of sp³-hybridized carbons (Fsp3) is 1.00. The third-order valence-electron chi connectivity index (χ3n) is 1.35. The third kappa shape index (κ3) is 8.71. The van der Waals surface area contributed by atoms with Crippen molar-refractivity contribution in [3.63, 3.8) is 0 Å². The lowest BCUT2D eigenvalue weighted by atomic mass is 10.6. The highest BCUT2D eigenvalue weighted by Gasteiger charge is 2.07. The Morgan fingerprint density at radius 1 is 1.36 bits per heavy atom. The average Bonchev–Trinajstić information content (AvgIpc) is 2.15. The van der Waals surface area contributed by atoms with Crippen molar-refractivity contribution in [1.82, 2.24) is 4.72 Å². The summed E-state index contributed by atoms with van der Waals surface area (Å²) in [6.45, 7) is 0.660. The summed E-state index contributed by atoms with van der Waals surface area (Å²) in [5, 5.41) is 8.36. The van der Waals surface area contributed by atoms with Gasteiger partial charge in [0.15, 0.2) is 0 Å². The monoisotopic (exact) mass is 245 g/mol. The number of rotatable bonds is 9. The Labute approximate surface area is 89.5 Å². The minimum absolute atomic E-state index is 0.0382. The first-order chi connectivity index (χ1) is 6.62. The highest BCUT2D eigenvalue weighted by molar-refractivity contribution is 7.89. The maximum Gasteiger partial charge on any atom is 0.211 e. The predicted octanol–water partition coefficient (Wildman–Crippen LogP) is -0.456. The maximum absolute atomic E-state index is 11.1. The van der Waals surface area contributed by atoms with Crippen LogP contribution in [0.3, 0.4) is 0 Å². The lowest BCUT2D eigenvalue weighted by Crippen LogP contribution is -2.30. The fourth-order valence-corrected chi connectivity index (χ4v) is 2.11. The molecule has 0 aromatic carbocycles. The summed E-state index contributed by atoms with van der Waals surface area (Å²) in [7, 11) is -3.21. The van der Waals surface area contributed by atoms with Crippen molar-refractivity contribution in [2.75, 3.05) is 38.0 Å². The van der Waals surface area contributed by atoms with Gasteiger partial charge in [-0.1, -0.05) is 0 Å². The quantitative estimate of drug-likeness (QED) is 0.426. The minimum atomic E-state index is -3.21. The molecule has 0 aromatic heterocycles.